The van der Waals surface area contributed by atoms with Gasteiger partial charge in [-0.05, 0) is 61.2 Å². The molecule has 1 heterocycles. The lowest BCUT2D eigenvalue weighted by Gasteiger charge is -2.38. The first-order chi connectivity index (χ1) is 10.9. The summed E-state index contributed by atoms with van der Waals surface area (Å²) in [7, 11) is 1.41. The molecule has 1 atom stereocenters. The van der Waals surface area contributed by atoms with E-state index in [-0.39, 0.29) is 18.5 Å². The molecule has 1 unspecified atom stereocenters. The van der Waals surface area contributed by atoms with E-state index in [1.807, 2.05) is 0 Å². The molecule has 134 valence electrons. The minimum Gasteiger partial charge on any atom is -0.495 e. The molecule has 0 radical (unpaired) electrons. The van der Waals surface area contributed by atoms with Crippen LogP contribution in [0.2, 0.25) is 0 Å². The first-order valence-corrected chi connectivity index (χ1v) is 8.18. The second-order valence-corrected chi connectivity index (χ2v) is 7.42. The summed E-state index contributed by atoms with van der Waals surface area (Å²) in [6, 6.07) is 1.19. The molecule has 2 rings (SSSR count). The first kappa shape index (κ1) is 18.9. The van der Waals surface area contributed by atoms with Gasteiger partial charge in [0, 0.05) is 6.07 Å². The Bertz CT molecular complexity index is 641. The number of ether oxygens (including phenoxy) is 2. The molecule has 8 heteroatoms. The Labute approximate surface area is 147 Å². The summed E-state index contributed by atoms with van der Waals surface area (Å²) in [5, 5.41) is 0. The monoisotopic (exact) mass is 409 g/mol. The van der Waals surface area contributed by atoms with Gasteiger partial charge in [-0.3, -0.25) is 4.90 Å². The van der Waals surface area contributed by atoms with Crippen LogP contribution in [-0.4, -0.2) is 31.0 Å². The van der Waals surface area contributed by atoms with Gasteiger partial charge in [0.05, 0.1) is 17.3 Å². The minimum absolute atomic E-state index is 0.165. The van der Waals surface area contributed by atoms with Crippen LogP contribution < -0.4 is 9.64 Å². The largest absolute Gasteiger partial charge is 0.495 e. The van der Waals surface area contributed by atoms with Gasteiger partial charge >= 0.3 is 12.3 Å². The summed E-state index contributed by atoms with van der Waals surface area (Å²) in [4.78, 5) is 13.2. The van der Waals surface area contributed by atoms with Crippen molar-refractivity contribution in [3.8, 4) is 5.75 Å². The lowest BCUT2D eigenvalue weighted by Crippen LogP contribution is -2.53. The maximum Gasteiger partial charge on any atom is 0.415 e. The number of nitrogens with zero attached hydrogens (tertiary/aromatic N) is 1. The van der Waals surface area contributed by atoms with Crippen molar-refractivity contribution in [1.82, 2.24) is 0 Å². The molecular weight excluding hydrogens is 391 g/mol. The molecule has 0 spiro atoms. The van der Waals surface area contributed by atoms with E-state index in [9.17, 15) is 18.0 Å². The predicted molar refractivity (Wildman–Crippen MR) is 87.6 cm³/mol. The fraction of sp³-hybridized carbons (Fsp3) is 0.562. The van der Waals surface area contributed by atoms with Gasteiger partial charge in [0.25, 0.3) is 0 Å². The smallest absolute Gasteiger partial charge is 0.415 e. The lowest BCUT2D eigenvalue weighted by atomic mass is 9.95. The van der Waals surface area contributed by atoms with Crippen molar-refractivity contribution >= 4 is 27.7 Å². The predicted octanol–water partition coefficient (Wildman–Crippen LogP) is 5.08. The first-order valence-electron chi connectivity index (χ1n) is 7.39. The van der Waals surface area contributed by atoms with Crippen LogP contribution in [0.3, 0.4) is 0 Å². The standard InChI is InChI=1S/C16H19BrF3NO3/c1-15(2,3)24-14(22)21-11-8-12(23-4)10(17)7-9(11)5-6-13(21)16(18,19)20/h7-8,13H,5-6H2,1-4H3. The molecule has 0 bridgehead atoms. The zero-order valence-corrected chi connectivity index (χ0v) is 15.4. The summed E-state index contributed by atoms with van der Waals surface area (Å²) < 4.78 is 51.3. The van der Waals surface area contributed by atoms with Crippen LogP contribution in [0.15, 0.2) is 16.6 Å². The van der Waals surface area contributed by atoms with E-state index < -0.39 is 23.9 Å². The molecule has 0 N–H and O–H groups in total. The molecule has 1 aromatic rings. The number of methoxy groups -OCH3 is 1. The van der Waals surface area contributed by atoms with E-state index in [1.165, 1.54) is 13.2 Å². The second kappa shape index (κ2) is 6.46. The van der Waals surface area contributed by atoms with Crippen LogP contribution in [0.25, 0.3) is 0 Å². The zero-order chi connectivity index (χ0) is 18.3. The van der Waals surface area contributed by atoms with Crippen molar-refractivity contribution in [2.75, 3.05) is 12.0 Å². The number of halogens is 4. The highest BCUT2D eigenvalue weighted by atomic mass is 79.9. The topological polar surface area (TPSA) is 38.8 Å². The van der Waals surface area contributed by atoms with Crippen LogP contribution in [0.5, 0.6) is 5.75 Å². The minimum atomic E-state index is -4.55. The summed E-state index contributed by atoms with van der Waals surface area (Å²) >= 11 is 3.31. The van der Waals surface area contributed by atoms with Gasteiger partial charge in [-0.2, -0.15) is 13.2 Å². The summed E-state index contributed by atoms with van der Waals surface area (Å²) in [6.07, 6.45) is -5.57. The van der Waals surface area contributed by atoms with Crippen LogP contribution in [0, 0.1) is 0 Å². The Morgan fingerprint density at radius 1 is 1.29 bits per heavy atom. The average molecular weight is 410 g/mol. The van der Waals surface area contributed by atoms with Crippen LogP contribution in [0.4, 0.5) is 23.7 Å². The fourth-order valence-corrected chi connectivity index (χ4v) is 3.15. The number of aryl methyl sites for hydroxylation is 1. The van der Waals surface area contributed by atoms with Crippen molar-refractivity contribution in [3.05, 3.63) is 22.2 Å². The van der Waals surface area contributed by atoms with Gasteiger partial charge in [0.15, 0.2) is 0 Å². The highest BCUT2D eigenvalue weighted by Crippen LogP contribution is 2.42. The van der Waals surface area contributed by atoms with Crippen molar-refractivity contribution in [3.63, 3.8) is 0 Å². The van der Waals surface area contributed by atoms with E-state index in [0.717, 1.165) is 0 Å². The molecule has 4 nitrogen and oxygen atoms in total. The molecule has 24 heavy (non-hydrogen) atoms. The van der Waals surface area contributed by atoms with Crippen LogP contribution in [0.1, 0.15) is 32.8 Å². The van der Waals surface area contributed by atoms with Gasteiger partial charge in [-0.25, -0.2) is 4.79 Å². The molecule has 0 saturated heterocycles. The Hall–Kier alpha value is -1.44. The van der Waals surface area contributed by atoms with Gasteiger partial charge < -0.3 is 9.47 Å². The molecule has 1 aliphatic heterocycles. The average Bonchev–Trinajstić information content (AvgIpc) is 2.42. The number of hydrogen-bond acceptors (Lipinski definition) is 3. The molecule has 0 aromatic heterocycles. The molecule has 0 aliphatic carbocycles. The van der Waals surface area contributed by atoms with Gasteiger partial charge in [-0.1, -0.05) is 0 Å². The summed E-state index contributed by atoms with van der Waals surface area (Å²) in [5.74, 6) is 0.352. The van der Waals surface area contributed by atoms with E-state index in [0.29, 0.717) is 20.7 Å². The van der Waals surface area contributed by atoms with Gasteiger partial charge in [-0.15, -0.1) is 0 Å². The Balaban J connectivity index is 2.54. The lowest BCUT2D eigenvalue weighted by molar-refractivity contribution is -0.150. The molecular formula is C16H19BrF3NO3. The molecule has 1 aromatic carbocycles. The second-order valence-electron chi connectivity index (χ2n) is 6.56. The highest BCUT2D eigenvalue weighted by molar-refractivity contribution is 9.10. The number of carbonyl (C=O) groups excluding carboxylic acids is 1. The number of amides is 1. The maximum absolute atomic E-state index is 13.5. The fourth-order valence-electron chi connectivity index (χ4n) is 2.60. The molecule has 1 amide bonds. The number of benzene rings is 1. The summed E-state index contributed by atoms with van der Waals surface area (Å²) in [5.41, 5.74) is -0.100. The molecule has 0 saturated carbocycles. The highest BCUT2D eigenvalue weighted by Gasteiger charge is 2.49. The SMILES string of the molecule is COc1cc2c(cc1Br)CCC(C(F)(F)F)N2C(=O)OC(C)(C)C. The van der Waals surface area contributed by atoms with Crippen molar-refractivity contribution < 1.29 is 27.4 Å². The van der Waals surface area contributed by atoms with E-state index in [4.69, 9.17) is 9.47 Å². The zero-order valence-electron chi connectivity index (χ0n) is 13.8. The Morgan fingerprint density at radius 3 is 2.42 bits per heavy atom. The third-order valence-electron chi connectivity index (χ3n) is 3.58. The normalized spacial score (nSPS) is 18.2. The van der Waals surface area contributed by atoms with E-state index in [1.54, 1.807) is 26.8 Å². The quantitative estimate of drug-likeness (QED) is 0.649. The number of rotatable bonds is 1. The van der Waals surface area contributed by atoms with Crippen molar-refractivity contribution in [2.24, 2.45) is 0 Å². The maximum atomic E-state index is 13.5. The van der Waals surface area contributed by atoms with Gasteiger partial charge in [0.1, 0.15) is 17.4 Å². The summed E-state index contributed by atoms with van der Waals surface area (Å²) in [6.45, 7) is 4.83. The Morgan fingerprint density at radius 2 is 1.92 bits per heavy atom. The molecule has 1 aliphatic rings. The third-order valence-corrected chi connectivity index (χ3v) is 4.20. The Kier molecular flexibility index (Phi) is 5.09. The van der Waals surface area contributed by atoms with Crippen molar-refractivity contribution in [2.45, 2.75) is 51.4 Å². The van der Waals surface area contributed by atoms with Crippen molar-refractivity contribution in [1.29, 1.82) is 0 Å². The van der Waals surface area contributed by atoms with E-state index in [2.05, 4.69) is 15.9 Å². The van der Waals surface area contributed by atoms with Crippen LogP contribution >= 0.6 is 15.9 Å². The number of fused-ring (bicyclic) bond motifs is 1. The third kappa shape index (κ3) is 3.96. The number of alkyl halides is 3. The van der Waals surface area contributed by atoms with Gasteiger partial charge in [0.2, 0.25) is 0 Å². The van der Waals surface area contributed by atoms with E-state index >= 15 is 0 Å². The number of carbonyl (C=O) groups is 1. The van der Waals surface area contributed by atoms with Crippen LogP contribution in [-0.2, 0) is 11.2 Å². The number of hydrogen-bond donors (Lipinski definition) is 0. The number of anilines is 1. The molecule has 0 fully saturated rings.